The largest absolute Gasteiger partial charge is 0.322 e. The Bertz CT molecular complexity index is 753. The number of anilines is 1. The van der Waals surface area contributed by atoms with E-state index < -0.39 is 0 Å². The summed E-state index contributed by atoms with van der Waals surface area (Å²) in [6.45, 7) is 1.60. The third-order valence-electron chi connectivity index (χ3n) is 3.63. The summed E-state index contributed by atoms with van der Waals surface area (Å²) >= 11 is 0. The van der Waals surface area contributed by atoms with Crippen LogP contribution in [0.2, 0.25) is 0 Å². The minimum absolute atomic E-state index is 0.263. The monoisotopic (exact) mass is 340 g/mol. The molecule has 0 spiro atoms. The number of nitriles is 1. The van der Waals surface area contributed by atoms with E-state index in [1.54, 1.807) is 41.3 Å². The highest BCUT2D eigenvalue weighted by Crippen LogP contribution is 2.13. The third-order valence-corrected chi connectivity index (χ3v) is 3.63. The Morgan fingerprint density at radius 3 is 2.52 bits per heavy atom. The Morgan fingerprint density at radius 1 is 1.16 bits per heavy atom. The molecule has 2 rings (SSSR count). The first kappa shape index (κ1) is 18.4. The second kappa shape index (κ2) is 8.81. The topological polar surface area (TPSA) is 59.4 Å². The highest BCUT2D eigenvalue weighted by Gasteiger charge is 2.15. The Balaban J connectivity index is 2.11. The number of amides is 2. The maximum Gasteiger partial charge on any atom is 0.322 e. The molecule has 0 aliphatic heterocycles. The fourth-order valence-corrected chi connectivity index (χ4v) is 2.25. The first-order valence-electron chi connectivity index (χ1n) is 7.93. The van der Waals surface area contributed by atoms with Gasteiger partial charge in [0.2, 0.25) is 0 Å². The summed E-state index contributed by atoms with van der Waals surface area (Å²) in [7, 11) is 3.87. The van der Waals surface area contributed by atoms with Gasteiger partial charge in [-0.15, -0.1) is 0 Å². The zero-order chi connectivity index (χ0) is 18.2. The van der Waals surface area contributed by atoms with E-state index in [4.69, 9.17) is 5.26 Å². The van der Waals surface area contributed by atoms with Gasteiger partial charge in [0.05, 0.1) is 11.6 Å². The molecule has 2 amide bonds. The summed E-state index contributed by atoms with van der Waals surface area (Å²) in [6.07, 6.45) is 0. The van der Waals surface area contributed by atoms with Gasteiger partial charge < -0.3 is 15.1 Å². The lowest BCUT2D eigenvalue weighted by molar-refractivity contribution is 0.202. The fourth-order valence-electron chi connectivity index (χ4n) is 2.25. The van der Waals surface area contributed by atoms with Crippen LogP contribution in [-0.2, 0) is 6.54 Å². The minimum atomic E-state index is -0.304. The van der Waals surface area contributed by atoms with E-state index >= 15 is 0 Å². The number of urea groups is 1. The molecule has 0 aliphatic rings. The van der Waals surface area contributed by atoms with Crippen LogP contribution in [0.15, 0.2) is 48.5 Å². The molecule has 0 unspecified atom stereocenters. The van der Waals surface area contributed by atoms with Gasteiger partial charge in [-0.25, -0.2) is 9.18 Å². The first-order valence-corrected chi connectivity index (χ1v) is 7.93. The molecule has 2 aromatic carbocycles. The van der Waals surface area contributed by atoms with Crippen molar-refractivity contribution < 1.29 is 9.18 Å². The summed E-state index contributed by atoms with van der Waals surface area (Å²) in [4.78, 5) is 16.3. The molecule has 25 heavy (non-hydrogen) atoms. The Kier molecular flexibility index (Phi) is 6.49. The van der Waals surface area contributed by atoms with Gasteiger partial charge >= 0.3 is 6.03 Å². The van der Waals surface area contributed by atoms with E-state index in [1.807, 2.05) is 25.1 Å². The van der Waals surface area contributed by atoms with Gasteiger partial charge in [-0.1, -0.05) is 18.2 Å². The normalized spacial score (nSPS) is 10.4. The van der Waals surface area contributed by atoms with Gasteiger partial charge in [0.15, 0.2) is 0 Å². The van der Waals surface area contributed by atoms with Gasteiger partial charge in [0.1, 0.15) is 5.82 Å². The maximum absolute atomic E-state index is 13.1. The highest BCUT2D eigenvalue weighted by atomic mass is 19.1. The summed E-state index contributed by atoms with van der Waals surface area (Å²) in [6, 6.07) is 14.6. The average Bonchev–Trinajstić information content (AvgIpc) is 2.60. The SMILES string of the molecule is CN(C)CCN(Cc1ccc(F)cc1)C(=O)Nc1cccc(C#N)c1. The van der Waals surface area contributed by atoms with E-state index in [2.05, 4.69) is 5.32 Å². The number of halogens is 1. The molecule has 0 aromatic heterocycles. The van der Waals surface area contributed by atoms with Crippen molar-refractivity contribution in [2.75, 3.05) is 32.5 Å². The molecule has 6 heteroatoms. The van der Waals surface area contributed by atoms with Crippen LogP contribution in [0.3, 0.4) is 0 Å². The number of carbonyl (C=O) groups is 1. The smallest absolute Gasteiger partial charge is 0.319 e. The number of hydrogen-bond donors (Lipinski definition) is 1. The van der Waals surface area contributed by atoms with E-state index in [1.165, 1.54) is 12.1 Å². The molecule has 0 radical (unpaired) electrons. The lowest BCUT2D eigenvalue weighted by Crippen LogP contribution is -2.39. The molecule has 5 nitrogen and oxygen atoms in total. The van der Waals surface area contributed by atoms with Crippen molar-refractivity contribution in [2.24, 2.45) is 0 Å². The summed E-state index contributed by atoms with van der Waals surface area (Å²) < 4.78 is 13.1. The molecule has 0 bridgehead atoms. The van der Waals surface area contributed by atoms with E-state index in [9.17, 15) is 9.18 Å². The number of rotatable bonds is 6. The molecule has 0 atom stereocenters. The number of carbonyl (C=O) groups excluding carboxylic acids is 1. The summed E-state index contributed by atoms with van der Waals surface area (Å²) in [5.41, 5.74) is 1.90. The van der Waals surface area contributed by atoms with Crippen LogP contribution >= 0.6 is 0 Å². The maximum atomic E-state index is 13.1. The molecule has 2 aromatic rings. The molecule has 1 N–H and O–H groups in total. The van der Waals surface area contributed by atoms with Crippen LogP contribution in [0.1, 0.15) is 11.1 Å². The predicted molar refractivity (Wildman–Crippen MR) is 95.5 cm³/mol. The highest BCUT2D eigenvalue weighted by molar-refractivity contribution is 5.89. The number of benzene rings is 2. The molecule has 0 saturated carbocycles. The minimum Gasteiger partial charge on any atom is -0.319 e. The fraction of sp³-hybridized carbons (Fsp3) is 0.263. The molecule has 0 aliphatic carbocycles. The number of hydrogen-bond acceptors (Lipinski definition) is 3. The van der Waals surface area contributed by atoms with Crippen molar-refractivity contribution in [3.8, 4) is 6.07 Å². The lowest BCUT2D eigenvalue weighted by Gasteiger charge is -2.25. The molecule has 0 saturated heterocycles. The number of likely N-dealkylation sites (N-methyl/N-ethyl adjacent to an activating group) is 1. The van der Waals surface area contributed by atoms with Crippen molar-refractivity contribution >= 4 is 11.7 Å². The summed E-state index contributed by atoms with van der Waals surface area (Å²) in [5, 5.41) is 11.8. The van der Waals surface area contributed by atoms with Crippen LogP contribution in [0.4, 0.5) is 14.9 Å². The van der Waals surface area contributed by atoms with Crippen LogP contribution in [0.5, 0.6) is 0 Å². The van der Waals surface area contributed by atoms with Crippen LogP contribution in [0, 0.1) is 17.1 Å². The van der Waals surface area contributed by atoms with Crippen LogP contribution in [0.25, 0.3) is 0 Å². The average molecular weight is 340 g/mol. The Hall–Kier alpha value is -2.91. The van der Waals surface area contributed by atoms with Crippen molar-refractivity contribution in [3.05, 3.63) is 65.5 Å². The molecular weight excluding hydrogens is 319 g/mol. The second-order valence-electron chi connectivity index (χ2n) is 5.97. The predicted octanol–water partition coefficient (Wildman–Crippen LogP) is 3.29. The van der Waals surface area contributed by atoms with Gasteiger partial charge in [-0.05, 0) is 50.0 Å². The third kappa shape index (κ3) is 5.90. The van der Waals surface area contributed by atoms with Gasteiger partial charge in [-0.3, -0.25) is 0 Å². The van der Waals surface area contributed by atoms with E-state index in [0.717, 1.165) is 5.56 Å². The zero-order valence-corrected chi connectivity index (χ0v) is 14.4. The van der Waals surface area contributed by atoms with Gasteiger partial charge in [0.25, 0.3) is 0 Å². The van der Waals surface area contributed by atoms with E-state index in [-0.39, 0.29) is 11.8 Å². The van der Waals surface area contributed by atoms with Crippen molar-refractivity contribution in [3.63, 3.8) is 0 Å². The van der Waals surface area contributed by atoms with E-state index in [0.29, 0.717) is 30.9 Å². The summed E-state index contributed by atoms with van der Waals surface area (Å²) in [5.74, 6) is -0.304. The quantitative estimate of drug-likeness (QED) is 0.878. The number of nitrogens with one attached hydrogen (secondary N) is 1. The molecule has 0 fully saturated rings. The lowest BCUT2D eigenvalue weighted by atomic mass is 10.2. The van der Waals surface area contributed by atoms with Gasteiger partial charge in [0, 0.05) is 25.3 Å². The molecular formula is C19H21FN4O. The van der Waals surface area contributed by atoms with Crippen LogP contribution < -0.4 is 5.32 Å². The number of nitrogens with zero attached hydrogens (tertiary/aromatic N) is 3. The zero-order valence-electron chi connectivity index (χ0n) is 14.4. The van der Waals surface area contributed by atoms with Crippen molar-refractivity contribution in [2.45, 2.75) is 6.54 Å². The molecule has 0 heterocycles. The Labute approximate surface area is 147 Å². The molecule has 130 valence electrons. The second-order valence-corrected chi connectivity index (χ2v) is 5.97. The van der Waals surface area contributed by atoms with Crippen LogP contribution in [-0.4, -0.2) is 43.0 Å². The first-order chi connectivity index (χ1) is 12.0. The van der Waals surface area contributed by atoms with Crippen molar-refractivity contribution in [1.82, 2.24) is 9.80 Å². The van der Waals surface area contributed by atoms with Gasteiger partial charge in [-0.2, -0.15) is 5.26 Å². The Morgan fingerprint density at radius 2 is 1.88 bits per heavy atom. The standard InChI is InChI=1S/C19H21FN4O/c1-23(2)10-11-24(14-15-6-8-17(20)9-7-15)19(25)22-18-5-3-4-16(12-18)13-21/h3-9,12H,10-11,14H2,1-2H3,(H,22,25). The van der Waals surface area contributed by atoms with Crippen molar-refractivity contribution in [1.29, 1.82) is 5.26 Å².